The van der Waals surface area contributed by atoms with E-state index in [0.717, 1.165) is 44.2 Å². The van der Waals surface area contributed by atoms with Gasteiger partial charge in [0.1, 0.15) is 12.2 Å². The van der Waals surface area contributed by atoms with Gasteiger partial charge in [0.25, 0.3) is 0 Å². The first-order valence-corrected chi connectivity index (χ1v) is 12.2. The molecule has 4 aliphatic carbocycles. The summed E-state index contributed by atoms with van der Waals surface area (Å²) in [5.74, 6) is 1.89. The minimum absolute atomic E-state index is 0.0485. The number of fused-ring (bicyclic) bond motifs is 5. The Bertz CT molecular complexity index is 765. The zero-order valence-electron chi connectivity index (χ0n) is 19.7. The number of oxime groups is 1. The molecule has 6 nitrogen and oxygen atoms in total. The average molecular weight is 434 g/mol. The minimum atomic E-state index is -0.242. The van der Waals surface area contributed by atoms with E-state index in [0.29, 0.717) is 23.7 Å². The molecule has 0 aromatic rings. The third-order valence-corrected chi connectivity index (χ3v) is 9.95. The van der Waals surface area contributed by atoms with Crippen molar-refractivity contribution in [2.75, 3.05) is 0 Å². The van der Waals surface area contributed by atoms with Crippen LogP contribution in [-0.2, 0) is 19.1 Å². The maximum absolute atomic E-state index is 11.6. The molecule has 0 unspecified atom stereocenters. The number of esters is 2. The molecule has 4 saturated carbocycles. The molecule has 0 aliphatic heterocycles. The lowest BCUT2D eigenvalue weighted by atomic mass is 9.44. The van der Waals surface area contributed by atoms with Crippen LogP contribution in [0.15, 0.2) is 5.16 Å². The van der Waals surface area contributed by atoms with E-state index in [4.69, 9.17) is 9.47 Å². The molecule has 31 heavy (non-hydrogen) atoms. The van der Waals surface area contributed by atoms with Gasteiger partial charge in [0, 0.05) is 25.2 Å². The van der Waals surface area contributed by atoms with Gasteiger partial charge < -0.3 is 14.7 Å². The molecule has 9 atom stereocenters. The van der Waals surface area contributed by atoms with Crippen LogP contribution < -0.4 is 0 Å². The normalized spacial score (nSPS) is 46.4. The van der Waals surface area contributed by atoms with Crippen LogP contribution in [0.4, 0.5) is 0 Å². The van der Waals surface area contributed by atoms with Gasteiger partial charge in [0.05, 0.1) is 5.71 Å². The quantitative estimate of drug-likeness (QED) is 0.386. The van der Waals surface area contributed by atoms with Gasteiger partial charge >= 0.3 is 11.9 Å². The maximum atomic E-state index is 11.6. The predicted molar refractivity (Wildman–Crippen MR) is 117 cm³/mol. The molecule has 0 radical (unpaired) electrons. The molecule has 4 rings (SSSR count). The molecular formula is C25H39NO5. The monoisotopic (exact) mass is 433 g/mol. The summed E-state index contributed by atoms with van der Waals surface area (Å²) < 4.78 is 11.2. The lowest BCUT2D eigenvalue weighted by molar-refractivity contribution is -0.157. The summed E-state index contributed by atoms with van der Waals surface area (Å²) in [6.45, 7) is 9.66. The van der Waals surface area contributed by atoms with Gasteiger partial charge in [-0.2, -0.15) is 0 Å². The maximum Gasteiger partial charge on any atom is 0.302 e. The lowest BCUT2D eigenvalue weighted by Crippen LogP contribution is -2.58. The highest BCUT2D eigenvalue weighted by Gasteiger charge is 2.63. The fraction of sp³-hybridized carbons (Fsp3) is 0.880. The van der Waals surface area contributed by atoms with E-state index >= 15 is 0 Å². The summed E-state index contributed by atoms with van der Waals surface area (Å²) in [4.78, 5) is 23.1. The topological polar surface area (TPSA) is 85.2 Å². The number of nitrogens with zero attached hydrogens (tertiary/aromatic N) is 1. The molecule has 0 amide bonds. The Labute approximate surface area is 186 Å². The second-order valence-electron chi connectivity index (χ2n) is 11.2. The highest BCUT2D eigenvalue weighted by atomic mass is 16.5. The van der Waals surface area contributed by atoms with Crippen molar-refractivity contribution in [2.24, 2.45) is 45.6 Å². The summed E-state index contributed by atoms with van der Waals surface area (Å²) in [6, 6.07) is 0. The molecule has 0 heterocycles. The van der Waals surface area contributed by atoms with Crippen molar-refractivity contribution in [3.05, 3.63) is 0 Å². The lowest BCUT2D eigenvalue weighted by Gasteiger charge is -2.61. The van der Waals surface area contributed by atoms with Crippen molar-refractivity contribution in [1.82, 2.24) is 0 Å². The van der Waals surface area contributed by atoms with Gasteiger partial charge in [-0.1, -0.05) is 19.0 Å². The van der Waals surface area contributed by atoms with E-state index in [2.05, 4.69) is 19.0 Å². The molecule has 0 aromatic heterocycles. The number of carbonyl (C=O) groups is 2. The van der Waals surface area contributed by atoms with Crippen molar-refractivity contribution in [3.8, 4) is 0 Å². The molecule has 4 aliphatic rings. The molecule has 4 fully saturated rings. The first-order chi connectivity index (χ1) is 14.6. The SMILES string of the molecule is CC(=O)O[C@H]1CC[C@@]2(C)[C@@H](CC[C@@H]3[C@@H]2C/C(=N/O)[C@]2(C)[C@@H]([C@H](C)OC(C)=O)CC[C@@H]32)C1. The van der Waals surface area contributed by atoms with Crippen LogP contribution in [0.5, 0.6) is 0 Å². The van der Waals surface area contributed by atoms with E-state index in [1.54, 1.807) is 0 Å². The van der Waals surface area contributed by atoms with E-state index in [1.165, 1.54) is 26.7 Å². The number of ether oxygens (including phenoxy) is 2. The zero-order valence-corrected chi connectivity index (χ0v) is 19.7. The van der Waals surface area contributed by atoms with Crippen LogP contribution in [0, 0.1) is 40.4 Å². The van der Waals surface area contributed by atoms with E-state index < -0.39 is 0 Å². The van der Waals surface area contributed by atoms with E-state index in [1.807, 2.05) is 6.92 Å². The third-order valence-electron chi connectivity index (χ3n) is 9.95. The standard InChI is InChI=1S/C25H39NO5/c1-14(30-15(2)27)20-8-9-21-19-7-6-17-12-18(31-16(3)28)10-11-24(17,4)22(19)13-23(26-29)25(20,21)5/h14,17-22,29H,6-13H2,1-5H3/b26-23-/t14-,17-,18-,19-,20+,21-,22-,24-,25+/m0/s1. The van der Waals surface area contributed by atoms with Gasteiger partial charge in [-0.25, -0.2) is 0 Å². The van der Waals surface area contributed by atoms with Gasteiger partial charge in [-0.05, 0) is 87.4 Å². The molecule has 0 bridgehead atoms. The molecule has 0 saturated heterocycles. The van der Waals surface area contributed by atoms with Crippen molar-refractivity contribution >= 4 is 17.7 Å². The fourth-order valence-electron chi connectivity index (χ4n) is 8.57. The molecular weight excluding hydrogens is 394 g/mol. The Morgan fingerprint density at radius 3 is 2.45 bits per heavy atom. The van der Waals surface area contributed by atoms with Crippen LogP contribution in [0.3, 0.4) is 0 Å². The van der Waals surface area contributed by atoms with E-state index in [9.17, 15) is 14.8 Å². The van der Waals surface area contributed by atoms with Gasteiger partial charge in [0.15, 0.2) is 0 Å². The first kappa shape index (κ1) is 22.6. The summed E-state index contributed by atoms with van der Waals surface area (Å²) in [5, 5.41) is 14.0. The van der Waals surface area contributed by atoms with Crippen molar-refractivity contribution in [1.29, 1.82) is 0 Å². The second-order valence-corrected chi connectivity index (χ2v) is 11.2. The van der Waals surface area contributed by atoms with Gasteiger partial charge in [0.2, 0.25) is 0 Å². The Kier molecular flexibility index (Phi) is 5.89. The molecule has 0 spiro atoms. The number of rotatable bonds is 3. The Hall–Kier alpha value is -1.59. The third kappa shape index (κ3) is 3.58. The van der Waals surface area contributed by atoms with Crippen LogP contribution in [0.2, 0.25) is 0 Å². The summed E-state index contributed by atoms with van der Waals surface area (Å²) >= 11 is 0. The Balaban J connectivity index is 1.60. The van der Waals surface area contributed by atoms with Crippen LogP contribution in [0.1, 0.15) is 86.0 Å². The number of hydrogen-bond acceptors (Lipinski definition) is 6. The van der Waals surface area contributed by atoms with Crippen LogP contribution in [0.25, 0.3) is 0 Å². The van der Waals surface area contributed by atoms with Crippen molar-refractivity contribution in [2.45, 2.75) is 98.2 Å². The highest BCUT2D eigenvalue weighted by Crippen LogP contribution is 2.67. The summed E-state index contributed by atoms with van der Waals surface area (Å²) in [5.41, 5.74) is 0.878. The van der Waals surface area contributed by atoms with Crippen LogP contribution in [-0.4, -0.2) is 35.1 Å². The van der Waals surface area contributed by atoms with Crippen molar-refractivity contribution in [3.63, 3.8) is 0 Å². The number of hydrogen-bond donors (Lipinski definition) is 1. The highest BCUT2D eigenvalue weighted by molar-refractivity contribution is 5.91. The minimum Gasteiger partial charge on any atom is -0.463 e. The smallest absolute Gasteiger partial charge is 0.302 e. The average Bonchev–Trinajstić information content (AvgIpc) is 3.05. The largest absolute Gasteiger partial charge is 0.463 e. The summed E-state index contributed by atoms with van der Waals surface area (Å²) in [7, 11) is 0. The Morgan fingerprint density at radius 2 is 1.81 bits per heavy atom. The summed E-state index contributed by atoms with van der Waals surface area (Å²) in [6.07, 6.45) is 8.11. The molecule has 1 N–H and O–H groups in total. The van der Waals surface area contributed by atoms with Crippen LogP contribution >= 0.6 is 0 Å². The molecule has 0 aromatic carbocycles. The second kappa shape index (κ2) is 8.08. The number of carbonyl (C=O) groups excluding carboxylic acids is 2. The van der Waals surface area contributed by atoms with Gasteiger partial charge in [-0.15, -0.1) is 0 Å². The zero-order chi connectivity index (χ0) is 22.6. The Morgan fingerprint density at radius 1 is 1.06 bits per heavy atom. The van der Waals surface area contributed by atoms with Crippen molar-refractivity contribution < 1.29 is 24.3 Å². The predicted octanol–water partition coefficient (Wildman–Crippen LogP) is 4.97. The molecule has 6 heteroatoms. The van der Waals surface area contributed by atoms with Gasteiger partial charge in [-0.3, -0.25) is 9.59 Å². The van der Waals surface area contributed by atoms with E-state index in [-0.39, 0.29) is 40.9 Å². The fourth-order valence-corrected chi connectivity index (χ4v) is 8.57. The molecule has 174 valence electrons. The first-order valence-electron chi connectivity index (χ1n) is 12.2.